The quantitative estimate of drug-likeness (QED) is 0.103. The number of phenolic OH excluding ortho intramolecular Hbond substituents is 1. The molecular weight excluding hydrogens is 632 g/mol. The SMILES string of the molecule is CCS(=O)(=O)Nc1cc(C(=O)N[C@@H](Cc2ccccc2)[C@H](O)CNCc2ccc(O)c(OC)c2)cc(C(=O)N[C@H](C)c2ccccc2)c1. The van der Waals surface area contributed by atoms with E-state index >= 15 is 0 Å². The monoisotopic (exact) mass is 674 g/mol. The van der Waals surface area contributed by atoms with Gasteiger partial charge in [-0.3, -0.25) is 14.3 Å². The molecule has 0 saturated heterocycles. The second-order valence-corrected chi connectivity index (χ2v) is 13.4. The summed E-state index contributed by atoms with van der Waals surface area (Å²) < 4.78 is 32.5. The van der Waals surface area contributed by atoms with Crippen molar-refractivity contribution >= 4 is 27.5 Å². The number of sulfonamides is 1. The maximum absolute atomic E-state index is 13.8. The summed E-state index contributed by atoms with van der Waals surface area (Å²) >= 11 is 0. The van der Waals surface area contributed by atoms with E-state index in [9.17, 15) is 28.2 Å². The van der Waals surface area contributed by atoms with E-state index in [-0.39, 0.29) is 40.9 Å². The van der Waals surface area contributed by atoms with Gasteiger partial charge >= 0.3 is 0 Å². The molecule has 48 heavy (non-hydrogen) atoms. The number of amides is 2. The molecule has 0 aliphatic carbocycles. The molecule has 0 spiro atoms. The third kappa shape index (κ3) is 10.3. The fraction of sp³-hybridized carbons (Fsp3) is 0.278. The first-order valence-corrected chi connectivity index (χ1v) is 17.2. The average Bonchev–Trinajstić information content (AvgIpc) is 3.09. The van der Waals surface area contributed by atoms with Crippen LogP contribution in [0.15, 0.2) is 97.1 Å². The number of hydrogen-bond acceptors (Lipinski definition) is 8. The molecule has 6 N–H and O–H groups in total. The molecule has 12 heteroatoms. The van der Waals surface area contributed by atoms with E-state index < -0.39 is 34.0 Å². The Morgan fingerprint density at radius 1 is 0.833 bits per heavy atom. The van der Waals surface area contributed by atoms with Crippen LogP contribution in [0.3, 0.4) is 0 Å². The molecule has 4 rings (SSSR count). The van der Waals surface area contributed by atoms with Gasteiger partial charge < -0.3 is 30.9 Å². The largest absolute Gasteiger partial charge is 0.504 e. The minimum Gasteiger partial charge on any atom is -0.504 e. The van der Waals surface area contributed by atoms with Crippen LogP contribution in [0.1, 0.15) is 57.3 Å². The summed E-state index contributed by atoms with van der Waals surface area (Å²) in [5.74, 6) is -0.944. The second-order valence-electron chi connectivity index (χ2n) is 11.4. The van der Waals surface area contributed by atoms with Gasteiger partial charge in [0.1, 0.15) is 0 Å². The molecule has 0 aliphatic heterocycles. The lowest BCUT2D eigenvalue weighted by atomic mass is 10.00. The Hall–Kier alpha value is -4.91. The first-order valence-electron chi connectivity index (χ1n) is 15.6. The summed E-state index contributed by atoms with van der Waals surface area (Å²) in [7, 11) is -2.26. The Balaban J connectivity index is 1.56. The maximum atomic E-state index is 13.8. The van der Waals surface area contributed by atoms with Crippen molar-refractivity contribution in [1.82, 2.24) is 16.0 Å². The van der Waals surface area contributed by atoms with Gasteiger partial charge in [0, 0.05) is 24.2 Å². The van der Waals surface area contributed by atoms with Crippen LogP contribution in [0.5, 0.6) is 11.5 Å². The molecule has 0 aromatic heterocycles. The number of rotatable bonds is 16. The molecule has 0 fully saturated rings. The Bertz CT molecular complexity index is 1790. The molecule has 0 radical (unpaired) electrons. The number of carbonyl (C=O) groups is 2. The number of nitrogens with one attached hydrogen (secondary N) is 4. The van der Waals surface area contributed by atoms with Crippen LogP contribution < -0.4 is 25.4 Å². The molecule has 4 aromatic rings. The third-order valence-corrected chi connectivity index (χ3v) is 9.07. The zero-order valence-electron chi connectivity index (χ0n) is 27.1. The van der Waals surface area contributed by atoms with Crippen molar-refractivity contribution in [2.75, 3.05) is 24.1 Å². The van der Waals surface area contributed by atoms with Crippen LogP contribution >= 0.6 is 0 Å². The second kappa shape index (κ2) is 16.8. The number of hydrogen-bond donors (Lipinski definition) is 6. The number of ether oxygens (including phenoxy) is 1. The predicted octanol–water partition coefficient (Wildman–Crippen LogP) is 4.15. The highest BCUT2D eigenvalue weighted by Gasteiger charge is 2.24. The van der Waals surface area contributed by atoms with E-state index in [0.29, 0.717) is 18.7 Å². The van der Waals surface area contributed by atoms with Crippen molar-refractivity contribution in [3.8, 4) is 11.5 Å². The number of carbonyl (C=O) groups excluding carboxylic acids is 2. The van der Waals surface area contributed by atoms with E-state index in [4.69, 9.17) is 4.74 Å². The molecule has 2 amide bonds. The normalized spacial score (nSPS) is 13.2. The van der Waals surface area contributed by atoms with Crippen LogP contribution in [-0.2, 0) is 23.0 Å². The van der Waals surface area contributed by atoms with Gasteiger partial charge in [-0.25, -0.2) is 8.42 Å². The highest BCUT2D eigenvalue weighted by molar-refractivity contribution is 7.92. The first-order chi connectivity index (χ1) is 23.0. The summed E-state index contributed by atoms with van der Waals surface area (Å²) in [6.45, 7) is 3.78. The fourth-order valence-electron chi connectivity index (χ4n) is 5.05. The van der Waals surface area contributed by atoms with Crippen molar-refractivity contribution in [3.05, 3.63) is 125 Å². The molecule has 0 unspecified atom stereocenters. The minimum atomic E-state index is -3.72. The van der Waals surface area contributed by atoms with Crippen LogP contribution in [-0.4, -0.2) is 62.0 Å². The summed E-state index contributed by atoms with van der Waals surface area (Å²) in [5.41, 5.74) is 2.77. The van der Waals surface area contributed by atoms with Crippen molar-refractivity contribution in [2.45, 2.75) is 45.0 Å². The van der Waals surface area contributed by atoms with E-state index in [1.54, 1.807) is 12.1 Å². The number of aromatic hydroxyl groups is 1. The third-order valence-electron chi connectivity index (χ3n) is 7.76. The van der Waals surface area contributed by atoms with Crippen LogP contribution in [0.2, 0.25) is 0 Å². The van der Waals surface area contributed by atoms with Gasteiger partial charge in [-0.2, -0.15) is 0 Å². The number of aliphatic hydroxyl groups is 1. The molecule has 0 heterocycles. The number of methoxy groups -OCH3 is 1. The molecule has 0 bridgehead atoms. The highest BCUT2D eigenvalue weighted by atomic mass is 32.2. The van der Waals surface area contributed by atoms with Gasteiger partial charge in [-0.15, -0.1) is 0 Å². The van der Waals surface area contributed by atoms with Crippen molar-refractivity contribution in [1.29, 1.82) is 0 Å². The van der Waals surface area contributed by atoms with E-state index in [2.05, 4.69) is 20.7 Å². The molecule has 254 valence electrons. The van der Waals surface area contributed by atoms with Crippen molar-refractivity contribution in [3.63, 3.8) is 0 Å². The Kier molecular flexibility index (Phi) is 12.6. The average molecular weight is 675 g/mol. The van der Waals surface area contributed by atoms with Crippen LogP contribution in [0, 0.1) is 0 Å². The van der Waals surface area contributed by atoms with Gasteiger partial charge in [0.25, 0.3) is 11.8 Å². The zero-order chi connectivity index (χ0) is 34.7. The molecule has 11 nitrogen and oxygen atoms in total. The standard InChI is InChI=1S/C36H42N4O7S/c1-4-48(45,46)40-30-20-28(35(43)38-24(2)27-13-9-6-10-14-27)19-29(21-30)36(44)39-31(17-25-11-7-5-8-12-25)33(42)23-37-22-26-15-16-32(41)34(18-26)47-3/h5-16,18-21,24,31,33,37,40-42H,4,17,22-23H2,1-3H3,(H,38,43)(H,39,44)/t24-,31+,33-/m1/s1. The summed E-state index contributed by atoms with van der Waals surface area (Å²) in [6.07, 6.45) is -0.739. The molecule has 0 saturated carbocycles. The summed E-state index contributed by atoms with van der Waals surface area (Å²) in [4.78, 5) is 27.1. The lowest BCUT2D eigenvalue weighted by Gasteiger charge is -2.25. The van der Waals surface area contributed by atoms with Gasteiger partial charge in [0.15, 0.2) is 11.5 Å². The first kappa shape index (κ1) is 35.9. The number of aliphatic hydroxyl groups excluding tert-OH is 1. The van der Waals surface area contributed by atoms with E-state index in [0.717, 1.165) is 16.7 Å². The number of phenols is 1. The van der Waals surface area contributed by atoms with Gasteiger partial charge in [-0.1, -0.05) is 66.7 Å². The zero-order valence-corrected chi connectivity index (χ0v) is 28.0. The van der Waals surface area contributed by atoms with E-state index in [1.807, 2.05) is 67.6 Å². The molecule has 0 aliphatic rings. The highest BCUT2D eigenvalue weighted by Crippen LogP contribution is 2.26. The summed E-state index contributed by atoms with van der Waals surface area (Å²) in [6, 6.07) is 26.7. The van der Waals surface area contributed by atoms with Crippen molar-refractivity contribution < 1.29 is 33.0 Å². The fourth-order valence-corrected chi connectivity index (χ4v) is 5.67. The number of anilines is 1. The summed E-state index contributed by atoms with van der Waals surface area (Å²) in [5, 5.41) is 30.1. The smallest absolute Gasteiger partial charge is 0.251 e. The minimum absolute atomic E-state index is 0.0184. The van der Waals surface area contributed by atoms with Crippen LogP contribution in [0.4, 0.5) is 5.69 Å². The topological polar surface area (TPSA) is 166 Å². The molecule has 4 aromatic carbocycles. The lowest BCUT2D eigenvalue weighted by molar-refractivity contribution is 0.0830. The van der Waals surface area contributed by atoms with Gasteiger partial charge in [0.2, 0.25) is 10.0 Å². The Morgan fingerprint density at radius 3 is 2.08 bits per heavy atom. The van der Waals surface area contributed by atoms with Gasteiger partial charge in [-0.05, 0) is 67.3 Å². The molecular formula is C36H42N4O7S. The van der Waals surface area contributed by atoms with Gasteiger partial charge in [0.05, 0.1) is 36.7 Å². The maximum Gasteiger partial charge on any atom is 0.251 e. The number of benzene rings is 4. The lowest BCUT2D eigenvalue weighted by Crippen LogP contribution is -2.48. The predicted molar refractivity (Wildman–Crippen MR) is 186 cm³/mol. The van der Waals surface area contributed by atoms with E-state index in [1.165, 1.54) is 38.3 Å². The Labute approximate surface area is 281 Å². The molecule has 3 atom stereocenters. The van der Waals surface area contributed by atoms with Crippen LogP contribution in [0.25, 0.3) is 0 Å². The Morgan fingerprint density at radius 2 is 1.46 bits per heavy atom. The van der Waals surface area contributed by atoms with Crippen molar-refractivity contribution in [2.24, 2.45) is 0 Å².